The number of ether oxygens (including phenoxy) is 2. The van der Waals surface area contributed by atoms with Crippen LogP contribution in [0.1, 0.15) is 49.9 Å². The maximum atomic E-state index is 13.4. The van der Waals surface area contributed by atoms with Gasteiger partial charge >= 0.3 is 5.97 Å². The third-order valence-corrected chi connectivity index (χ3v) is 7.96. The number of carbonyl (C=O) groups is 2. The second kappa shape index (κ2) is 10.1. The summed E-state index contributed by atoms with van der Waals surface area (Å²) in [6.07, 6.45) is 5.39. The molecule has 8 heteroatoms. The molecule has 2 heterocycles. The fourth-order valence-corrected chi connectivity index (χ4v) is 6.00. The van der Waals surface area contributed by atoms with Gasteiger partial charge in [0, 0.05) is 12.8 Å². The second-order valence-corrected chi connectivity index (χ2v) is 10.3. The SMILES string of the molecule is COc1ccc(CCC2(C3CCCC3)CC(=O)C(Cc3nc4ccccc4c(=O)[nH]3)C(=O)O2)cc1Cl. The van der Waals surface area contributed by atoms with Gasteiger partial charge in [-0.2, -0.15) is 0 Å². The van der Waals surface area contributed by atoms with Crippen LogP contribution in [0.25, 0.3) is 10.9 Å². The van der Waals surface area contributed by atoms with E-state index in [0.29, 0.717) is 40.3 Å². The molecule has 2 unspecified atom stereocenters. The molecule has 1 saturated carbocycles. The van der Waals surface area contributed by atoms with Crippen LogP contribution in [0.5, 0.6) is 5.75 Å². The fraction of sp³-hybridized carbons (Fsp3) is 0.429. The van der Waals surface area contributed by atoms with Gasteiger partial charge in [0.1, 0.15) is 23.1 Å². The number of fused-ring (bicyclic) bond motifs is 1. The standard InChI is InChI=1S/C28H29ClN2O5/c1-35-24-11-10-17(14-21(24)29)12-13-28(18-6-2-3-7-18)16-23(32)20(27(34)36-28)15-25-30-22-9-5-4-8-19(22)26(33)31-25/h4-5,8-11,14,18,20H,2-3,6-7,12-13,15-16H2,1H3,(H,30,31,33). The first-order valence-corrected chi connectivity index (χ1v) is 12.8. The number of para-hydroxylation sites is 1. The number of nitrogens with one attached hydrogen (secondary N) is 1. The molecule has 0 bridgehead atoms. The summed E-state index contributed by atoms with van der Waals surface area (Å²) in [5.41, 5.74) is 0.427. The van der Waals surface area contributed by atoms with E-state index in [4.69, 9.17) is 21.1 Å². The molecule has 1 N–H and O–H groups in total. The number of H-pyrrole nitrogens is 1. The largest absolute Gasteiger partial charge is 0.495 e. The monoisotopic (exact) mass is 508 g/mol. The highest BCUT2D eigenvalue weighted by molar-refractivity contribution is 6.32. The summed E-state index contributed by atoms with van der Waals surface area (Å²) in [5.74, 6) is -0.579. The topological polar surface area (TPSA) is 98.4 Å². The van der Waals surface area contributed by atoms with Crippen molar-refractivity contribution >= 4 is 34.3 Å². The maximum Gasteiger partial charge on any atom is 0.317 e. The van der Waals surface area contributed by atoms with Crippen molar-refractivity contribution < 1.29 is 19.1 Å². The molecule has 2 aromatic carbocycles. The van der Waals surface area contributed by atoms with Crippen LogP contribution < -0.4 is 10.3 Å². The Kier molecular flexibility index (Phi) is 6.84. The van der Waals surface area contributed by atoms with E-state index in [0.717, 1.165) is 31.2 Å². The lowest BCUT2D eigenvalue weighted by molar-refractivity contribution is -0.185. The Labute approximate surface area is 214 Å². The predicted molar refractivity (Wildman–Crippen MR) is 136 cm³/mol. The van der Waals surface area contributed by atoms with Crippen molar-refractivity contribution in [3.05, 3.63) is 69.2 Å². The van der Waals surface area contributed by atoms with E-state index in [1.54, 1.807) is 31.4 Å². The number of Topliss-reactive ketones (excluding diaryl/α,β-unsaturated/α-hetero) is 1. The summed E-state index contributed by atoms with van der Waals surface area (Å²) in [6, 6.07) is 12.6. The number of nitrogens with zero attached hydrogens (tertiary/aromatic N) is 1. The van der Waals surface area contributed by atoms with E-state index >= 15 is 0 Å². The van der Waals surface area contributed by atoms with Crippen LogP contribution in [-0.4, -0.2) is 34.4 Å². The zero-order chi connectivity index (χ0) is 25.3. The van der Waals surface area contributed by atoms with Gasteiger partial charge in [0.2, 0.25) is 0 Å². The van der Waals surface area contributed by atoms with Crippen molar-refractivity contribution in [1.82, 2.24) is 9.97 Å². The van der Waals surface area contributed by atoms with Gasteiger partial charge < -0.3 is 14.5 Å². The third kappa shape index (κ3) is 4.76. The van der Waals surface area contributed by atoms with Crippen molar-refractivity contribution in [2.75, 3.05) is 7.11 Å². The molecule has 0 amide bonds. The molecule has 1 aromatic heterocycles. The average molecular weight is 509 g/mol. The van der Waals surface area contributed by atoms with Crippen LogP contribution in [0.4, 0.5) is 0 Å². The van der Waals surface area contributed by atoms with E-state index in [2.05, 4.69) is 9.97 Å². The molecule has 1 saturated heterocycles. The lowest BCUT2D eigenvalue weighted by Gasteiger charge is -2.43. The van der Waals surface area contributed by atoms with Crippen LogP contribution in [-0.2, 0) is 27.2 Å². The van der Waals surface area contributed by atoms with Gasteiger partial charge in [-0.1, -0.05) is 42.6 Å². The first-order valence-electron chi connectivity index (χ1n) is 12.4. The van der Waals surface area contributed by atoms with E-state index in [1.807, 2.05) is 18.2 Å². The summed E-state index contributed by atoms with van der Waals surface area (Å²) < 4.78 is 11.4. The summed E-state index contributed by atoms with van der Waals surface area (Å²) in [5, 5.41) is 0.997. The minimum Gasteiger partial charge on any atom is -0.495 e. The minimum absolute atomic E-state index is 0.0204. The van der Waals surface area contributed by atoms with Gasteiger partial charge in [0.15, 0.2) is 5.78 Å². The molecule has 7 nitrogen and oxygen atoms in total. The van der Waals surface area contributed by atoms with E-state index in [1.165, 1.54) is 0 Å². The van der Waals surface area contributed by atoms with Crippen molar-refractivity contribution in [3.63, 3.8) is 0 Å². The summed E-state index contributed by atoms with van der Waals surface area (Å²) in [4.78, 5) is 46.3. The number of aromatic amines is 1. The van der Waals surface area contributed by atoms with Crippen molar-refractivity contribution in [3.8, 4) is 5.75 Å². The van der Waals surface area contributed by atoms with Gasteiger partial charge in [0.25, 0.3) is 5.56 Å². The smallest absolute Gasteiger partial charge is 0.317 e. The lowest BCUT2D eigenvalue weighted by atomic mass is 9.73. The minimum atomic E-state index is -0.973. The number of hydrogen-bond acceptors (Lipinski definition) is 6. The highest BCUT2D eigenvalue weighted by atomic mass is 35.5. The number of carbonyl (C=O) groups excluding carboxylic acids is 2. The number of benzene rings is 2. The Balaban J connectivity index is 1.36. The normalized spacial score (nSPS) is 22.7. The summed E-state index contributed by atoms with van der Waals surface area (Å²) in [6.45, 7) is 0. The zero-order valence-electron chi connectivity index (χ0n) is 20.2. The number of methoxy groups -OCH3 is 1. The van der Waals surface area contributed by atoms with Crippen LogP contribution in [0.2, 0.25) is 5.02 Å². The maximum absolute atomic E-state index is 13.4. The van der Waals surface area contributed by atoms with Gasteiger partial charge in [-0.3, -0.25) is 14.4 Å². The Morgan fingerprint density at radius 3 is 2.64 bits per heavy atom. The highest BCUT2D eigenvalue weighted by Gasteiger charge is 2.51. The van der Waals surface area contributed by atoms with Crippen molar-refractivity contribution in [2.24, 2.45) is 11.8 Å². The molecule has 1 aliphatic heterocycles. The number of rotatable bonds is 7. The Morgan fingerprint density at radius 1 is 1.14 bits per heavy atom. The zero-order valence-corrected chi connectivity index (χ0v) is 21.0. The first kappa shape index (κ1) is 24.5. The van der Waals surface area contributed by atoms with Crippen molar-refractivity contribution in [2.45, 2.75) is 57.0 Å². The fourth-order valence-electron chi connectivity index (χ4n) is 5.72. The van der Waals surface area contributed by atoms with Gasteiger partial charge in [-0.15, -0.1) is 0 Å². The first-order chi connectivity index (χ1) is 17.4. The molecule has 5 rings (SSSR count). The summed E-state index contributed by atoms with van der Waals surface area (Å²) in [7, 11) is 1.57. The van der Waals surface area contributed by atoms with Gasteiger partial charge in [0.05, 0.1) is 23.0 Å². The number of cyclic esters (lactones) is 1. The van der Waals surface area contributed by atoms with E-state index in [9.17, 15) is 14.4 Å². The quantitative estimate of drug-likeness (QED) is 0.363. The predicted octanol–water partition coefficient (Wildman–Crippen LogP) is 4.82. The molecule has 188 valence electrons. The Morgan fingerprint density at radius 2 is 1.92 bits per heavy atom. The van der Waals surface area contributed by atoms with E-state index in [-0.39, 0.29) is 30.1 Å². The van der Waals surface area contributed by atoms with E-state index < -0.39 is 17.5 Å². The number of aryl methyl sites for hydroxylation is 1. The number of halogens is 1. The van der Waals surface area contributed by atoms with Gasteiger partial charge in [-0.05, 0) is 61.4 Å². The molecule has 2 aliphatic rings. The van der Waals surface area contributed by atoms with Crippen LogP contribution >= 0.6 is 11.6 Å². The Hall–Kier alpha value is -3.19. The molecule has 36 heavy (non-hydrogen) atoms. The van der Waals surface area contributed by atoms with Gasteiger partial charge in [-0.25, -0.2) is 4.98 Å². The Bertz CT molecular complexity index is 1340. The molecule has 0 spiro atoms. The lowest BCUT2D eigenvalue weighted by Crippen LogP contribution is -2.52. The number of ketones is 1. The van der Waals surface area contributed by atoms with Crippen LogP contribution in [0.15, 0.2) is 47.3 Å². The summed E-state index contributed by atoms with van der Waals surface area (Å²) >= 11 is 6.31. The number of aromatic nitrogens is 2. The third-order valence-electron chi connectivity index (χ3n) is 7.66. The molecular formula is C28H29ClN2O5. The number of esters is 1. The second-order valence-electron chi connectivity index (χ2n) is 9.87. The molecule has 2 fully saturated rings. The molecule has 3 aromatic rings. The average Bonchev–Trinajstić information content (AvgIpc) is 3.41. The number of hydrogen-bond donors (Lipinski definition) is 1. The van der Waals surface area contributed by atoms with Crippen molar-refractivity contribution in [1.29, 1.82) is 0 Å². The van der Waals surface area contributed by atoms with Crippen LogP contribution in [0.3, 0.4) is 0 Å². The molecule has 2 atom stereocenters. The highest BCUT2D eigenvalue weighted by Crippen LogP contribution is 2.45. The molecular weight excluding hydrogens is 480 g/mol. The molecule has 1 aliphatic carbocycles. The van der Waals surface area contributed by atoms with Crippen LogP contribution in [0, 0.1) is 11.8 Å². The molecule has 0 radical (unpaired) electrons.